The van der Waals surface area contributed by atoms with Gasteiger partial charge in [-0.25, -0.2) is 0 Å². The van der Waals surface area contributed by atoms with Gasteiger partial charge in [0, 0.05) is 49.9 Å². The molecule has 1 aromatic rings. The Morgan fingerprint density at radius 1 is 1.40 bits per heavy atom. The van der Waals surface area contributed by atoms with Crippen molar-refractivity contribution in [3.8, 4) is 0 Å². The Kier molecular flexibility index (Phi) is 7.30. The molecule has 0 unspecified atom stereocenters. The standard InChI is InChI=1S/C14H20ClN3O.ClH/c1-11-10-12(15)2-3-13(11)14(19)17-6-9-18-7-4-16-5-8-18;/h2-3,10,16H,4-9H2,1H3,(H,17,19);1H. The van der Waals surface area contributed by atoms with E-state index in [1.807, 2.05) is 13.0 Å². The molecule has 6 heteroatoms. The quantitative estimate of drug-likeness (QED) is 0.888. The highest BCUT2D eigenvalue weighted by Crippen LogP contribution is 2.14. The van der Waals surface area contributed by atoms with E-state index in [4.69, 9.17) is 11.6 Å². The first-order valence-electron chi connectivity index (χ1n) is 6.64. The van der Waals surface area contributed by atoms with Gasteiger partial charge in [0.25, 0.3) is 5.91 Å². The van der Waals surface area contributed by atoms with E-state index in [0.29, 0.717) is 17.1 Å². The van der Waals surface area contributed by atoms with E-state index in [1.165, 1.54) is 0 Å². The number of nitrogens with one attached hydrogen (secondary N) is 2. The van der Waals surface area contributed by atoms with Crippen LogP contribution in [0.5, 0.6) is 0 Å². The summed E-state index contributed by atoms with van der Waals surface area (Å²) in [5, 5.41) is 6.94. The highest BCUT2D eigenvalue weighted by molar-refractivity contribution is 6.30. The molecule has 0 spiro atoms. The molecule has 112 valence electrons. The summed E-state index contributed by atoms with van der Waals surface area (Å²) in [6.45, 7) is 7.65. The number of nitrogens with zero attached hydrogens (tertiary/aromatic N) is 1. The maximum absolute atomic E-state index is 12.0. The van der Waals surface area contributed by atoms with Crippen LogP contribution in [-0.4, -0.2) is 50.1 Å². The van der Waals surface area contributed by atoms with E-state index in [9.17, 15) is 4.79 Å². The molecule has 1 fully saturated rings. The second-order valence-corrected chi connectivity index (χ2v) is 5.24. The number of halogens is 2. The second kappa shape index (κ2) is 8.47. The molecule has 0 bridgehead atoms. The molecule has 0 aliphatic carbocycles. The molecule has 1 aliphatic heterocycles. The summed E-state index contributed by atoms with van der Waals surface area (Å²) in [7, 11) is 0. The highest BCUT2D eigenvalue weighted by Gasteiger charge is 2.11. The fourth-order valence-electron chi connectivity index (χ4n) is 2.24. The number of hydrogen-bond donors (Lipinski definition) is 2. The minimum Gasteiger partial charge on any atom is -0.351 e. The molecule has 1 amide bonds. The molecule has 1 aliphatic rings. The lowest BCUT2D eigenvalue weighted by molar-refractivity contribution is 0.0946. The summed E-state index contributed by atoms with van der Waals surface area (Å²) in [6, 6.07) is 5.34. The van der Waals surface area contributed by atoms with Gasteiger partial charge >= 0.3 is 0 Å². The van der Waals surface area contributed by atoms with Crippen molar-refractivity contribution in [3.05, 3.63) is 34.3 Å². The summed E-state index contributed by atoms with van der Waals surface area (Å²) >= 11 is 5.88. The third-order valence-corrected chi connectivity index (χ3v) is 3.59. The maximum atomic E-state index is 12.0. The van der Waals surface area contributed by atoms with Gasteiger partial charge in [0.05, 0.1) is 0 Å². The van der Waals surface area contributed by atoms with Gasteiger partial charge in [0.1, 0.15) is 0 Å². The number of benzene rings is 1. The number of amides is 1. The second-order valence-electron chi connectivity index (χ2n) is 4.81. The lowest BCUT2D eigenvalue weighted by Gasteiger charge is -2.27. The van der Waals surface area contributed by atoms with Crippen LogP contribution in [0.25, 0.3) is 0 Å². The van der Waals surface area contributed by atoms with Crippen molar-refractivity contribution in [1.29, 1.82) is 0 Å². The van der Waals surface area contributed by atoms with Crippen LogP contribution < -0.4 is 10.6 Å². The molecule has 1 aromatic carbocycles. The van der Waals surface area contributed by atoms with E-state index in [-0.39, 0.29) is 18.3 Å². The summed E-state index contributed by atoms with van der Waals surface area (Å²) in [5.74, 6) is -0.0238. The molecule has 0 atom stereocenters. The van der Waals surface area contributed by atoms with Gasteiger partial charge in [-0.2, -0.15) is 0 Å². The van der Waals surface area contributed by atoms with E-state index in [1.54, 1.807) is 12.1 Å². The van der Waals surface area contributed by atoms with Crippen molar-refractivity contribution < 1.29 is 4.79 Å². The number of carbonyl (C=O) groups is 1. The zero-order valence-corrected chi connectivity index (χ0v) is 13.2. The van der Waals surface area contributed by atoms with Gasteiger partial charge in [-0.3, -0.25) is 9.69 Å². The first-order valence-corrected chi connectivity index (χ1v) is 7.02. The van der Waals surface area contributed by atoms with E-state index < -0.39 is 0 Å². The first kappa shape index (κ1) is 17.2. The fourth-order valence-corrected chi connectivity index (χ4v) is 2.47. The molecule has 2 rings (SSSR count). The number of carbonyl (C=O) groups excluding carboxylic acids is 1. The summed E-state index contributed by atoms with van der Waals surface area (Å²) < 4.78 is 0. The minimum absolute atomic E-state index is 0. The van der Waals surface area contributed by atoms with Crippen molar-refractivity contribution in [2.45, 2.75) is 6.92 Å². The highest BCUT2D eigenvalue weighted by atomic mass is 35.5. The Balaban J connectivity index is 0.00000200. The predicted molar refractivity (Wildman–Crippen MR) is 85.1 cm³/mol. The van der Waals surface area contributed by atoms with Crippen molar-refractivity contribution in [1.82, 2.24) is 15.5 Å². The molecule has 1 saturated heterocycles. The minimum atomic E-state index is -0.0238. The number of aryl methyl sites for hydroxylation is 1. The smallest absolute Gasteiger partial charge is 0.251 e. The number of rotatable bonds is 4. The monoisotopic (exact) mass is 317 g/mol. The Morgan fingerprint density at radius 3 is 2.75 bits per heavy atom. The third kappa shape index (κ3) is 4.94. The van der Waals surface area contributed by atoms with Crippen LogP contribution in [0.3, 0.4) is 0 Å². The Hall–Kier alpha value is -0.810. The van der Waals surface area contributed by atoms with E-state index in [0.717, 1.165) is 38.3 Å². The van der Waals surface area contributed by atoms with Crippen LogP contribution >= 0.6 is 24.0 Å². The number of hydrogen-bond acceptors (Lipinski definition) is 3. The van der Waals surface area contributed by atoms with Crippen molar-refractivity contribution in [2.24, 2.45) is 0 Å². The van der Waals surface area contributed by atoms with Crippen LogP contribution in [0.1, 0.15) is 15.9 Å². The first-order chi connectivity index (χ1) is 9.16. The average molecular weight is 318 g/mol. The molecule has 20 heavy (non-hydrogen) atoms. The maximum Gasteiger partial charge on any atom is 0.251 e. The fraction of sp³-hybridized carbons (Fsp3) is 0.500. The van der Waals surface area contributed by atoms with Crippen LogP contribution in [-0.2, 0) is 0 Å². The Bertz CT molecular complexity index is 448. The Labute approximate surface area is 131 Å². The normalized spacial score (nSPS) is 15.5. The summed E-state index contributed by atoms with van der Waals surface area (Å²) in [5.41, 5.74) is 1.61. The van der Waals surface area contributed by atoms with E-state index in [2.05, 4.69) is 15.5 Å². The lowest BCUT2D eigenvalue weighted by Crippen LogP contribution is -2.46. The SMILES string of the molecule is Cc1cc(Cl)ccc1C(=O)NCCN1CCNCC1.Cl. The van der Waals surface area contributed by atoms with Crippen LogP contribution in [0.2, 0.25) is 5.02 Å². The zero-order valence-electron chi connectivity index (χ0n) is 11.6. The molecule has 0 aromatic heterocycles. The van der Waals surface area contributed by atoms with Gasteiger partial charge in [0.2, 0.25) is 0 Å². The average Bonchev–Trinajstić information content (AvgIpc) is 2.39. The van der Waals surface area contributed by atoms with E-state index >= 15 is 0 Å². The molecule has 0 saturated carbocycles. The van der Waals surface area contributed by atoms with Gasteiger partial charge in [-0.15, -0.1) is 12.4 Å². The van der Waals surface area contributed by atoms with Gasteiger partial charge < -0.3 is 10.6 Å². The predicted octanol–water partition coefficient (Wildman–Crippen LogP) is 1.71. The Morgan fingerprint density at radius 2 is 2.10 bits per heavy atom. The van der Waals surface area contributed by atoms with Gasteiger partial charge in [-0.05, 0) is 30.7 Å². The summed E-state index contributed by atoms with van der Waals surface area (Å²) in [4.78, 5) is 14.4. The van der Waals surface area contributed by atoms with Gasteiger partial charge in [-0.1, -0.05) is 11.6 Å². The van der Waals surface area contributed by atoms with Crippen molar-refractivity contribution in [3.63, 3.8) is 0 Å². The summed E-state index contributed by atoms with van der Waals surface area (Å²) in [6.07, 6.45) is 0. The molecular formula is C14H21Cl2N3O. The third-order valence-electron chi connectivity index (χ3n) is 3.36. The molecule has 4 nitrogen and oxygen atoms in total. The molecule has 0 radical (unpaired) electrons. The van der Waals surface area contributed by atoms with Crippen LogP contribution in [0.15, 0.2) is 18.2 Å². The lowest BCUT2D eigenvalue weighted by atomic mass is 10.1. The molecular weight excluding hydrogens is 297 g/mol. The molecule has 2 N–H and O–H groups in total. The van der Waals surface area contributed by atoms with Crippen molar-refractivity contribution >= 4 is 29.9 Å². The van der Waals surface area contributed by atoms with Crippen LogP contribution in [0, 0.1) is 6.92 Å². The zero-order chi connectivity index (χ0) is 13.7. The van der Waals surface area contributed by atoms with Gasteiger partial charge in [0.15, 0.2) is 0 Å². The largest absolute Gasteiger partial charge is 0.351 e. The molecule has 1 heterocycles. The number of piperazine rings is 1. The van der Waals surface area contributed by atoms with Crippen molar-refractivity contribution in [2.75, 3.05) is 39.3 Å². The topological polar surface area (TPSA) is 44.4 Å². The van der Waals surface area contributed by atoms with Crippen LogP contribution in [0.4, 0.5) is 0 Å².